The van der Waals surface area contributed by atoms with Crippen molar-refractivity contribution in [2.75, 3.05) is 5.75 Å². The zero-order valence-corrected chi connectivity index (χ0v) is 9.65. The van der Waals surface area contributed by atoms with Gasteiger partial charge >= 0.3 is 0 Å². The van der Waals surface area contributed by atoms with Crippen LogP contribution in [0.25, 0.3) is 0 Å². The van der Waals surface area contributed by atoms with Crippen molar-refractivity contribution in [3.63, 3.8) is 0 Å². The van der Waals surface area contributed by atoms with E-state index in [2.05, 4.69) is 11.8 Å². The lowest BCUT2D eigenvalue weighted by Gasteiger charge is -1.97. The van der Waals surface area contributed by atoms with E-state index in [1.807, 2.05) is 0 Å². The van der Waals surface area contributed by atoms with E-state index in [0.29, 0.717) is 11.3 Å². The second-order valence-corrected chi connectivity index (χ2v) is 4.25. The van der Waals surface area contributed by atoms with Gasteiger partial charge in [0.15, 0.2) is 5.12 Å². The maximum Gasteiger partial charge on any atom is 0.186 e. The fourth-order valence-corrected chi connectivity index (χ4v) is 1.41. The summed E-state index contributed by atoms with van der Waals surface area (Å²) in [6.45, 7) is 1.49. The van der Waals surface area contributed by atoms with Gasteiger partial charge in [-0.1, -0.05) is 41.3 Å². The van der Waals surface area contributed by atoms with Gasteiger partial charge in [0, 0.05) is 12.5 Å². The third kappa shape index (κ3) is 3.86. The van der Waals surface area contributed by atoms with E-state index < -0.39 is 0 Å². The summed E-state index contributed by atoms with van der Waals surface area (Å²) in [5.41, 5.74) is 0.570. The number of hydrogen-bond acceptors (Lipinski definition) is 3. The van der Waals surface area contributed by atoms with E-state index in [4.69, 9.17) is 11.6 Å². The molecule has 0 fully saturated rings. The van der Waals surface area contributed by atoms with Gasteiger partial charge in [-0.2, -0.15) is 0 Å². The van der Waals surface area contributed by atoms with E-state index >= 15 is 0 Å². The number of thioether (sulfide) groups is 1. The molecule has 1 rings (SSSR count). The molecule has 15 heavy (non-hydrogen) atoms. The van der Waals surface area contributed by atoms with Crippen molar-refractivity contribution in [3.8, 4) is 17.6 Å². The number of rotatable bonds is 1. The molecule has 0 heterocycles. The zero-order valence-electron chi connectivity index (χ0n) is 8.08. The molecule has 0 aliphatic heterocycles. The Bertz CT molecular complexity index is 432. The molecule has 78 valence electrons. The minimum absolute atomic E-state index is 0.0164. The Morgan fingerprint density at radius 2 is 2.33 bits per heavy atom. The highest BCUT2D eigenvalue weighted by atomic mass is 35.5. The summed E-state index contributed by atoms with van der Waals surface area (Å²) < 4.78 is 0. The van der Waals surface area contributed by atoms with Crippen LogP contribution in [0.2, 0.25) is 5.02 Å². The van der Waals surface area contributed by atoms with E-state index in [9.17, 15) is 9.90 Å². The van der Waals surface area contributed by atoms with Crippen LogP contribution in [0.15, 0.2) is 18.2 Å². The van der Waals surface area contributed by atoms with Crippen molar-refractivity contribution < 1.29 is 9.90 Å². The average Bonchev–Trinajstić information content (AvgIpc) is 2.18. The summed E-state index contributed by atoms with van der Waals surface area (Å²) in [7, 11) is 0. The maximum absolute atomic E-state index is 10.6. The first kappa shape index (κ1) is 12.0. The number of phenolic OH excluding ortho intramolecular Hbond substituents is 1. The largest absolute Gasteiger partial charge is 0.506 e. The quantitative estimate of drug-likeness (QED) is 0.767. The Hall–Kier alpha value is -1.11. The summed E-state index contributed by atoms with van der Waals surface area (Å²) in [6.07, 6.45) is 0. The van der Waals surface area contributed by atoms with Gasteiger partial charge in [0.25, 0.3) is 0 Å². The molecule has 0 aromatic heterocycles. The monoisotopic (exact) mass is 240 g/mol. The third-order valence-electron chi connectivity index (χ3n) is 1.55. The van der Waals surface area contributed by atoms with Gasteiger partial charge in [-0.15, -0.1) is 0 Å². The Balaban J connectivity index is 2.72. The van der Waals surface area contributed by atoms with Crippen LogP contribution in [-0.4, -0.2) is 16.0 Å². The minimum atomic E-state index is 0.0164. The van der Waals surface area contributed by atoms with Crippen LogP contribution in [0.4, 0.5) is 0 Å². The number of phenols is 1. The van der Waals surface area contributed by atoms with E-state index in [1.165, 1.54) is 13.0 Å². The molecule has 0 bridgehead atoms. The first-order valence-electron chi connectivity index (χ1n) is 4.21. The molecule has 0 unspecified atom stereocenters. The molecule has 0 saturated heterocycles. The lowest BCUT2D eigenvalue weighted by molar-refractivity contribution is -0.109. The standard InChI is InChI=1S/C11H9ClO2S/c1-8(13)15-7-3-5-9-4-2-6-10(14)11(9)12/h2,4,6,14H,7H2,1H3. The molecule has 0 spiro atoms. The van der Waals surface area contributed by atoms with Crippen molar-refractivity contribution in [1.29, 1.82) is 0 Å². The smallest absolute Gasteiger partial charge is 0.186 e. The molecule has 0 atom stereocenters. The summed E-state index contributed by atoms with van der Waals surface area (Å²) in [4.78, 5) is 10.6. The maximum atomic E-state index is 10.6. The fraction of sp³-hybridized carbons (Fsp3) is 0.182. The Morgan fingerprint density at radius 1 is 1.60 bits per heavy atom. The van der Waals surface area contributed by atoms with Crippen LogP contribution >= 0.6 is 23.4 Å². The molecule has 2 nitrogen and oxygen atoms in total. The Kier molecular flexibility index (Phi) is 4.54. The highest BCUT2D eigenvalue weighted by molar-refractivity contribution is 8.13. The molecule has 0 amide bonds. The summed E-state index contributed by atoms with van der Waals surface area (Å²) in [5, 5.41) is 9.57. The van der Waals surface area contributed by atoms with Crippen LogP contribution in [0.3, 0.4) is 0 Å². The van der Waals surface area contributed by atoms with Crippen molar-refractivity contribution in [3.05, 3.63) is 28.8 Å². The van der Waals surface area contributed by atoms with E-state index in [0.717, 1.165) is 11.8 Å². The van der Waals surface area contributed by atoms with Gasteiger partial charge in [0.05, 0.1) is 10.8 Å². The van der Waals surface area contributed by atoms with Gasteiger partial charge in [-0.25, -0.2) is 0 Å². The lowest BCUT2D eigenvalue weighted by Crippen LogP contribution is -1.83. The van der Waals surface area contributed by atoms with Crippen LogP contribution in [0, 0.1) is 11.8 Å². The predicted octanol–water partition coefficient (Wildman–Crippen LogP) is 2.68. The molecule has 0 radical (unpaired) electrons. The molecule has 4 heteroatoms. The van der Waals surface area contributed by atoms with E-state index in [1.54, 1.807) is 12.1 Å². The summed E-state index contributed by atoms with van der Waals surface area (Å²) >= 11 is 6.95. The zero-order chi connectivity index (χ0) is 11.3. The number of halogens is 1. The number of carbonyl (C=O) groups is 1. The van der Waals surface area contributed by atoms with Crippen LogP contribution in [0.1, 0.15) is 12.5 Å². The van der Waals surface area contributed by atoms with Gasteiger partial charge < -0.3 is 5.11 Å². The average molecular weight is 241 g/mol. The molecule has 1 N–H and O–H groups in total. The van der Waals surface area contributed by atoms with Crippen LogP contribution in [-0.2, 0) is 4.79 Å². The molecule has 0 aliphatic rings. The van der Waals surface area contributed by atoms with Crippen molar-refractivity contribution >= 4 is 28.5 Å². The normalized spacial score (nSPS) is 9.20. The second kappa shape index (κ2) is 5.69. The van der Waals surface area contributed by atoms with E-state index in [-0.39, 0.29) is 15.9 Å². The van der Waals surface area contributed by atoms with Gasteiger partial charge in [0.2, 0.25) is 0 Å². The Labute approximate surface area is 97.6 Å². The first-order chi connectivity index (χ1) is 7.11. The van der Waals surface area contributed by atoms with Crippen LogP contribution < -0.4 is 0 Å². The highest BCUT2D eigenvalue weighted by Gasteiger charge is 2.00. The van der Waals surface area contributed by atoms with Gasteiger partial charge in [0.1, 0.15) is 5.75 Å². The predicted molar refractivity (Wildman–Crippen MR) is 63.1 cm³/mol. The van der Waals surface area contributed by atoms with Crippen LogP contribution in [0.5, 0.6) is 5.75 Å². The van der Waals surface area contributed by atoms with Crippen molar-refractivity contribution in [2.45, 2.75) is 6.92 Å². The number of hydrogen-bond donors (Lipinski definition) is 1. The minimum Gasteiger partial charge on any atom is -0.506 e. The molecule has 0 aliphatic carbocycles. The van der Waals surface area contributed by atoms with Gasteiger partial charge in [-0.05, 0) is 12.1 Å². The second-order valence-electron chi connectivity index (χ2n) is 2.72. The lowest BCUT2D eigenvalue weighted by atomic mass is 10.2. The van der Waals surface area contributed by atoms with Gasteiger partial charge in [-0.3, -0.25) is 4.79 Å². The molecule has 1 aromatic rings. The summed E-state index contributed by atoms with van der Waals surface area (Å²) in [6, 6.07) is 4.88. The molecular formula is C11H9ClO2S. The number of aromatic hydroxyl groups is 1. The SMILES string of the molecule is CC(=O)SCC#Cc1cccc(O)c1Cl. The number of carbonyl (C=O) groups excluding carboxylic acids is 1. The molecular weight excluding hydrogens is 232 g/mol. The fourth-order valence-electron chi connectivity index (χ4n) is 0.885. The third-order valence-corrected chi connectivity index (χ3v) is 2.64. The highest BCUT2D eigenvalue weighted by Crippen LogP contribution is 2.25. The Morgan fingerprint density at radius 3 is 3.00 bits per heavy atom. The molecule has 1 aromatic carbocycles. The van der Waals surface area contributed by atoms with Crippen molar-refractivity contribution in [2.24, 2.45) is 0 Å². The summed E-state index contributed by atoms with van der Waals surface area (Å²) in [5.74, 6) is 6.04. The first-order valence-corrected chi connectivity index (χ1v) is 5.57. The van der Waals surface area contributed by atoms with Crippen molar-refractivity contribution in [1.82, 2.24) is 0 Å². The topological polar surface area (TPSA) is 37.3 Å². The number of benzene rings is 1. The molecule has 0 saturated carbocycles.